The van der Waals surface area contributed by atoms with E-state index in [1.165, 1.54) is 22.3 Å². The molecule has 0 aromatic heterocycles. The van der Waals surface area contributed by atoms with Gasteiger partial charge >= 0.3 is 0 Å². The average molecular weight is 336 g/mol. The molecule has 2 aromatic rings. The lowest BCUT2D eigenvalue weighted by Crippen LogP contribution is -2.21. The van der Waals surface area contributed by atoms with E-state index < -0.39 is 0 Å². The number of rotatable bonds is 6. The van der Waals surface area contributed by atoms with E-state index in [1.807, 2.05) is 0 Å². The maximum absolute atomic E-state index is 4.53. The van der Waals surface area contributed by atoms with Gasteiger partial charge in [0.15, 0.2) is 5.41 Å². The molecule has 134 valence electrons. The van der Waals surface area contributed by atoms with Crippen LogP contribution < -0.4 is 0 Å². The van der Waals surface area contributed by atoms with Crippen molar-refractivity contribution in [3.8, 4) is 0 Å². The normalized spacial score (nSPS) is 13.1. The van der Waals surface area contributed by atoms with Crippen LogP contribution in [0.4, 0.5) is 0 Å². The highest BCUT2D eigenvalue weighted by atomic mass is 14.3. The molecule has 0 N–H and O–H groups in total. The summed E-state index contributed by atoms with van der Waals surface area (Å²) in [5.41, 5.74) is 5.55. The minimum absolute atomic E-state index is 0.226. The quantitative estimate of drug-likeness (QED) is 0.489. The van der Waals surface area contributed by atoms with Crippen molar-refractivity contribution in [2.24, 2.45) is 0 Å². The van der Waals surface area contributed by atoms with E-state index in [0.29, 0.717) is 0 Å². The monoisotopic (exact) mass is 335 g/mol. The second kappa shape index (κ2) is 6.90. The lowest BCUT2D eigenvalue weighted by molar-refractivity contribution is 0.505. The van der Waals surface area contributed by atoms with Gasteiger partial charge in [0.25, 0.3) is 0 Å². The number of hydrogen-bond acceptors (Lipinski definition) is 0. The fraction of sp³-hybridized carbons (Fsp3) is 0.480. The molecule has 0 amide bonds. The van der Waals surface area contributed by atoms with Crippen molar-refractivity contribution in [1.82, 2.24) is 0 Å². The third-order valence-corrected chi connectivity index (χ3v) is 6.37. The largest absolute Gasteiger partial charge is 0.152 e. The molecule has 0 nitrogen and oxygen atoms in total. The van der Waals surface area contributed by atoms with E-state index in [0.717, 1.165) is 12.8 Å². The first-order valence-electron chi connectivity index (χ1n) is 9.62. The summed E-state index contributed by atoms with van der Waals surface area (Å²) in [7, 11) is 0. The molecular weight excluding hydrogens is 300 g/mol. The standard InChI is InChI=1S/C25H35/c1-9-23(3,4)19-11-15-21(16-12-19)25(7,8)22-17-13-20(14-18-22)24(5,6)10-2/h11-18H,7,9-10H2,1-6,8H3/q+1. The minimum atomic E-state index is -0.232. The van der Waals surface area contributed by atoms with E-state index >= 15 is 0 Å². The van der Waals surface area contributed by atoms with Crippen LogP contribution in [-0.2, 0) is 16.2 Å². The van der Waals surface area contributed by atoms with Crippen LogP contribution >= 0.6 is 0 Å². The zero-order chi connectivity index (χ0) is 18.9. The third-order valence-electron chi connectivity index (χ3n) is 6.37. The van der Waals surface area contributed by atoms with Crippen LogP contribution in [0.5, 0.6) is 0 Å². The molecule has 0 saturated carbocycles. The van der Waals surface area contributed by atoms with E-state index in [4.69, 9.17) is 0 Å². The van der Waals surface area contributed by atoms with Crippen LogP contribution in [-0.4, -0.2) is 0 Å². The van der Waals surface area contributed by atoms with E-state index in [9.17, 15) is 0 Å². The average Bonchev–Trinajstić information content (AvgIpc) is 2.62. The van der Waals surface area contributed by atoms with Crippen molar-refractivity contribution in [2.75, 3.05) is 0 Å². The summed E-state index contributed by atoms with van der Waals surface area (Å²) in [6.45, 7) is 20.5. The van der Waals surface area contributed by atoms with Crippen LogP contribution in [0.25, 0.3) is 0 Å². The molecule has 0 aliphatic rings. The predicted octanol–water partition coefficient (Wildman–Crippen LogP) is 7.20. The van der Waals surface area contributed by atoms with Crippen molar-refractivity contribution in [3.05, 3.63) is 77.7 Å². The van der Waals surface area contributed by atoms with Gasteiger partial charge in [-0.2, -0.15) is 0 Å². The van der Waals surface area contributed by atoms with Gasteiger partial charge in [0, 0.05) is 11.1 Å². The van der Waals surface area contributed by atoms with E-state index in [-0.39, 0.29) is 16.2 Å². The summed E-state index contributed by atoms with van der Waals surface area (Å²) in [5, 5.41) is 0. The van der Waals surface area contributed by atoms with Crippen molar-refractivity contribution in [2.45, 2.75) is 77.6 Å². The summed E-state index contributed by atoms with van der Waals surface area (Å²) in [4.78, 5) is 0. The molecule has 0 atom stereocenters. The van der Waals surface area contributed by atoms with E-state index in [1.54, 1.807) is 0 Å². The highest BCUT2D eigenvalue weighted by Crippen LogP contribution is 2.35. The van der Waals surface area contributed by atoms with Gasteiger partial charge in [-0.3, -0.25) is 0 Å². The van der Waals surface area contributed by atoms with Crippen molar-refractivity contribution in [1.29, 1.82) is 0 Å². The molecule has 0 bridgehead atoms. The van der Waals surface area contributed by atoms with Crippen LogP contribution in [0, 0.1) is 6.92 Å². The molecule has 0 fully saturated rings. The molecular formula is C25H35+. The molecule has 0 unspecified atom stereocenters. The highest BCUT2D eigenvalue weighted by Gasteiger charge is 2.31. The molecule has 2 rings (SSSR count). The molecule has 0 aliphatic heterocycles. The Labute approximate surface area is 155 Å². The number of hydrogen-bond donors (Lipinski definition) is 0. The van der Waals surface area contributed by atoms with Gasteiger partial charge in [-0.25, -0.2) is 0 Å². The SMILES string of the molecule is [CH2+]C(C)(c1ccc(C(C)(C)CC)cc1)c1ccc(C(C)(C)CC)cc1. The van der Waals surface area contributed by atoms with E-state index in [2.05, 4.69) is 104 Å². The highest BCUT2D eigenvalue weighted by molar-refractivity contribution is 5.43. The molecule has 25 heavy (non-hydrogen) atoms. The summed E-state index contributed by atoms with van der Waals surface area (Å²) < 4.78 is 0. The first kappa shape index (κ1) is 19.6. The lowest BCUT2D eigenvalue weighted by Gasteiger charge is -2.26. The molecule has 0 spiro atoms. The Hall–Kier alpha value is -1.69. The minimum Gasteiger partial charge on any atom is -0.0646 e. The maximum Gasteiger partial charge on any atom is 0.152 e. The lowest BCUT2D eigenvalue weighted by atomic mass is 9.74. The molecule has 0 heteroatoms. The second-order valence-electron chi connectivity index (χ2n) is 8.96. The molecule has 0 radical (unpaired) electrons. The van der Waals surface area contributed by atoms with Gasteiger partial charge < -0.3 is 0 Å². The Morgan fingerprint density at radius 1 is 0.560 bits per heavy atom. The Morgan fingerprint density at radius 2 is 0.800 bits per heavy atom. The molecule has 0 saturated heterocycles. The smallest absolute Gasteiger partial charge is 0.0646 e. The fourth-order valence-electron chi connectivity index (χ4n) is 3.15. The zero-order valence-electron chi connectivity index (χ0n) is 17.2. The maximum atomic E-state index is 4.53. The van der Waals surface area contributed by atoms with Gasteiger partial charge in [0.05, 0.1) is 6.92 Å². The number of benzene rings is 2. The Bertz CT molecular complexity index is 620. The summed E-state index contributed by atoms with van der Waals surface area (Å²) in [6, 6.07) is 18.1. The first-order chi connectivity index (χ1) is 11.5. The molecule has 2 aromatic carbocycles. The van der Waals surface area contributed by atoms with Crippen LogP contribution in [0.3, 0.4) is 0 Å². The van der Waals surface area contributed by atoms with Crippen LogP contribution in [0.15, 0.2) is 48.5 Å². The summed E-state index contributed by atoms with van der Waals surface area (Å²) in [5.74, 6) is 0. The first-order valence-corrected chi connectivity index (χ1v) is 9.62. The van der Waals surface area contributed by atoms with Crippen LogP contribution in [0.1, 0.15) is 83.6 Å². The third kappa shape index (κ3) is 3.94. The molecule has 0 heterocycles. The van der Waals surface area contributed by atoms with Crippen LogP contribution in [0.2, 0.25) is 0 Å². The van der Waals surface area contributed by atoms with Gasteiger partial charge in [-0.1, -0.05) is 90.1 Å². The Balaban J connectivity index is 2.32. The van der Waals surface area contributed by atoms with Gasteiger partial charge in [0.2, 0.25) is 0 Å². The van der Waals surface area contributed by atoms with Gasteiger partial charge in [-0.15, -0.1) is 0 Å². The zero-order valence-corrected chi connectivity index (χ0v) is 17.2. The Kier molecular flexibility index (Phi) is 5.42. The summed E-state index contributed by atoms with van der Waals surface area (Å²) in [6.07, 6.45) is 2.28. The fourth-order valence-corrected chi connectivity index (χ4v) is 3.15. The molecule has 0 aliphatic carbocycles. The van der Waals surface area contributed by atoms with Gasteiger partial charge in [0.1, 0.15) is 0 Å². The predicted molar refractivity (Wildman–Crippen MR) is 111 cm³/mol. The van der Waals surface area contributed by atoms with Crippen molar-refractivity contribution >= 4 is 0 Å². The summed E-state index contributed by atoms with van der Waals surface area (Å²) >= 11 is 0. The Morgan fingerprint density at radius 3 is 1.04 bits per heavy atom. The topological polar surface area (TPSA) is 0 Å². The van der Waals surface area contributed by atoms with Gasteiger partial charge in [-0.05, 0) is 41.7 Å². The van der Waals surface area contributed by atoms with Crippen molar-refractivity contribution < 1.29 is 0 Å². The second-order valence-corrected chi connectivity index (χ2v) is 8.96. The van der Waals surface area contributed by atoms with Crippen molar-refractivity contribution in [3.63, 3.8) is 0 Å².